The summed E-state index contributed by atoms with van der Waals surface area (Å²) in [6.45, 7) is 0. The van der Waals surface area contributed by atoms with E-state index in [2.05, 4.69) is 9.97 Å². The number of carbonyl (C=O) groups excluding carboxylic acids is 1. The van der Waals surface area contributed by atoms with E-state index in [1.54, 1.807) is 42.2 Å². The summed E-state index contributed by atoms with van der Waals surface area (Å²) >= 11 is 1.37. The van der Waals surface area contributed by atoms with Crippen molar-refractivity contribution in [2.24, 2.45) is 0 Å². The molecule has 3 aromatic rings. The van der Waals surface area contributed by atoms with Gasteiger partial charge in [0, 0.05) is 18.0 Å². The van der Waals surface area contributed by atoms with E-state index in [1.807, 2.05) is 0 Å². The van der Waals surface area contributed by atoms with Crippen LogP contribution in [-0.4, -0.2) is 15.8 Å². The van der Waals surface area contributed by atoms with Gasteiger partial charge in [-0.1, -0.05) is 12.1 Å². The molecule has 0 fully saturated rings. The average molecular weight is 272 g/mol. The second kappa shape index (κ2) is 4.78. The number of benzene rings is 1. The summed E-state index contributed by atoms with van der Waals surface area (Å²) in [4.78, 5) is 19.9. The lowest BCUT2D eigenvalue weighted by molar-refractivity contribution is 0.103. The first kappa shape index (κ1) is 11.8. The van der Waals surface area contributed by atoms with E-state index in [0.717, 1.165) is 4.88 Å². The number of hydrogen-bond acceptors (Lipinski definition) is 3. The smallest absolute Gasteiger partial charge is 0.212 e. The minimum atomic E-state index is -0.523. The van der Waals surface area contributed by atoms with Crippen LogP contribution in [0.25, 0.3) is 10.4 Å². The van der Waals surface area contributed by atoms with Crippen LogP contribution in [0.3, 0.4) is 0 Å². The maximum atomic E-state index is 14.0. The van der Waals surface area contributed by atoms with E-state index in [9.17, 15) is 9.18 Å². The van der Waals surface area contributed by atoms with Crippen molar-refractivity contribution in [3.8, 4) is 10.4 Å². The van der Waals surface area contributed by atoms with Gasteiger partial charge in [-0.2, -0.15) is 0 Å². The van der Waals surface area contributed by atoms with Gasteiger partial charge in [-0.3, -0.25) is 9.78 Å². The molecule has 0 bridgehead atoms. The lowest BCUT2D eigenvalue weighted by Gasteiger charge is -2.07. The van der Waals surface area contributed by atoms with Crippen molar-refractivity contribution >= 4 is 17.1 Å². The average Bonchev–Trinajstić information content (AvgIpc) is 3.11. The lowest BCUT2D eigenvalue weighted by Crippen LogP contribution is -2.06. The maximum Gasteiger partial charge on any atom is 0.212 e. The molecule has 1 aromatic carbocycles. The highest BCUT2D eigenvalue weighted by Crippen LogP contribution is 2.29. The number of ketones is 1. The summed E-state index contributed by atoms with van der Waals surface area (Å²) in [5.74, 6) is -0.878. The van der Waals surface area contributed by atoms with Crippen LogP contribution in [0.4, 0.5) is 4.39 Å². The third-order valence-electron chi connectivity index (χ3n) is 2.78. The van der Waals surface area contributed by atoms with Crippen LogP contribution < -0.4 is 0 Å². The van der Waals surface area contributed by atoms with Crippen molar-refractivity contribution < 1.29 is 9.18 Å². The van der Waals surface area contributed by atoms with Crippen LogP contribution >= 0.6 is 11.3 Å². The predicted octanol–water partition coefficient (Wildman–Crippen LogP) is 3.51. The lowest BCUT2D eigenvalue weighted by atomic mass is 10.00. The largest absolute Gasteiger partial charge is 0.359 e. The normalized spacial score (nSPS) is 10.6. The number of hydrogen-bond donors (Lipinski definition) is 1. The second-order valence-corrected chi connectivity index (χ2v) is 4.83. The van der Waals surface area contributed by atoms with Crippen molar-refractivity contribution in [2.75, 3.05) is 0 Å². The van der Waals surface area contributed by atoms with Crippen molar-refractivity contribution in [2.45, 2.75) is 0 Å². The number of nitrogens with one attached hydrogen (secondary N) is 1. The number of aromatic amines is 1. The molecule has 0 atom stereocenters. The Morgan fingerprint density at radius 2 is 2.16 bits per heavy atom. The van der Waals surface area contributed by atoms with E-state index in [-0.39, 0.29) is 11.3 Å². The molecule has 94 valence electrons. The third-order valence-corrected chi connectivity index (χ3v) is 3.59. The molecule has 0 spiro atoms. The highest BCUT2D eigenvalue weighted by atomic mass is 32.1. The third kappa shape index (κ3) is 2.08. The fourth-order valence-electron chi connectivity index (χ4n) is 1.92. The van der Waals surface area contributed by atoms with Crippen LogP contribution in [0.15, 0.2) is 48.2 Å². The Labute approximate surface area is 112 Å². The molecule has 0 aliphatic carbocycles. The molecule has 0 aliphatic heterocycles. The van der Waals surface area contributed by atoms with E-state index < -0.39 is 5.82 Å². The van der Waals surface area contributed by atoms with E-state index in [1.165, 1.54) is 17.4 Å². The van der Waals surface area contributed by atoms with Crippen molar-refractivity contribution in [1.29, 1.82) is 0 Å². The highest BCUT2D eigenvalue weighted by molar-refractivity contribution is 7.13. The van der Waals surface area contributed by atoms with Crippen molar-refractivity contribution in [3.05, 3.63) is 65.3 Å². The number of aromatic nitrogens is 2. The van der Waals surface area contributed by atoms with Crippen LogP contribution in [0.2, 0.25) is 0 Å². The maximum absolute atomic E-state index is 14.0. The monoisotopic (exact) mass is 272 g/mol. The molecule has 0 unspecified atom stereocenters. The van der Waals surface area contributed by atoms with Gasteiger partial charge in [0.15, 0.2) is 0 Å². The molecule has 19 heavy (non-hydrogen) atoms. The van der Waals surface area contributed by atoms with Crippen LogP contribution in [0.1, 0.15) is 16.1 Å². The Balaban J connectivity index is 2.18. The molecule has 0 radical (unpaired) electrons. The number of nitrogens with zero attached hydrogens (tertiary/aromatic N) is 1. The highest BCUT2D eigenvalue weighted by Gasteiger charge is 2.20. The van der Waals surface area contributed by atoms with Gasteiger partial charge in [-0.25, -0.2) is 4.39 Å². The quantitative estimate of drug-likeness (QED) is 0.742. The topological polar surface area (TPSA) is 45.8 Å². The van der Waals surface area contributed by atoms with Gasteiger partial charge in [0.2, 0.25) is 5.78 Å². The zero-order valence-electron chi connectivity index (χ0n) is 9.76. The zero-order chi connectivity index (χ0) is 13.2. The van der Waals surface area contributed by atoms with Gasteiger partial charge in [0.05, 0.1) is 21.6 Å². The summed E-state index contributed by atoms with van der Waals surface area (Å²) in [7, 11) is 0. The van der Waals surface area contributed by atoms with E-state index in [0.29, 0.717) is 11.3 Å². The van der Waals surface area contributed by atoms with Crippen LogP contribution in [-0.2, 0) is 0 Å². The van der Waals surface area contributed by atoms with Gasteiger partial charge in [0.1, 0.15) is 5.82 Å². The van der Waals surface area contributed by atoms with Crippen molar-refractivity contribution in [1.82, 2.24) is 9.97 Å². The molecule has 0 saturated carbocycles. The molecule has 0 amide bonds. The Bertz CT molecular complexity index is 705. The molecular weight excluding hydrogens is 263 g/mol. The van der Waals surface area contributed by atoms with Crippen LogP contribution in [0.5, 0.6) is 0 Å². The predicted molar refractivity (Wildman–Crippen MR) is 71.7 cm³/mol. The van der Waals surface area contributed by atoms with E-state index in [4.69, 9.17) is 0 Å². The molecule has 3 nitrogen and oxygen atoms in total. The first-order valence-electron chi connectivity index (χ1n) is 5.63. The number of halogens is 1. The Morgan fingerprint density at radius 1 is 1.26 bits per heavy atom. The van der Waals surface area contributed by atoms with Gasteiger partial charge in [-0.05, 0) is 18.2 Å². The Morgan fingerprint density at radius 3 is 2.84 bits per heavy atom. The standard InChI is InChI=1S/C14H9FN2OS/c15-10-4-1-3-9(12-7-16-8-19-12)13(10)14(18)11-5-2-6-17-11/h1-8,17H. The summed E-state index contributed by atoms with van der Waals surface area (Å²) in [6.07, 6.45) is 3.27. The molecule has 0 aliphatic rings. The van der Waals surface area contributed by atoms with Crippen molar-refractivity contribution in [3.63, 3.8) is 0 Å². The number of thiazole rings is 1. The fourth-order valence-corrected chi connectivity index (χ4v) is 2.57. The van der Waals surface area contributed by atoms with E-state index >= 15 is 0 Å². The second-order valence-electron chi connectivity index (χ2n) is 3.94. The Kier molecular flexibility index (Phi) is 2.97. The molecule has 2 aromatic heterocycles. The number of rotatable bonds is 3. The fraction of sp³-hybridized carbons (Fsp3) is 0. The Hall–Kier alpha value is -2.27. The molecule has 3 rings (SSSR count). The van der Waals surface area contributed by atoms with Gasteiger partial charge < -0.3 is 4.98 Å². The van der Waals surface area contributed by atoms with Gasteiger partial charge in [-0.15, -0.1) is 11.3 Å². The minimum absolute atomic E-state index is 0.0780. The molecule has 2 heterocycles. The zero-order valence-corrected chi connectivity index (χ0v) is 10.6. The summed E-state index contributed by atoms with van der Waals surface area (Å²) in [5, 5.41) is 0. The first-order valence-corrected chi connectivity index (χ1v) is 6.51. The first-order chi connectivity index (χ1) is 9.27. The molecule has 5 heteroatoms. The molecule has 0 saturated heterocycles. The number of carbonyl (C=O) groups is 1. The summed E-state index contributed by atoms with van der Waals surface area (Å²) < 4.78 is 14.0. The minimum Gasteiger partial charge on any atom is -0.359 e. The van der Waals surface area contributed by atoms with Gasteiger partial charge in [0.25, 0.3) is 0 Å². The number of H-pyrrole nitrogens is 1. The summed E-state index contributed by atoms with van der Waals surface area (Å²) in [6, 6.07) is 7.95. The van der Waals surface area contributed by atoms with Gasteiger partial charge >= 0.3 is 0 Å². The molecule has 1 N–H and O–H groups in total. The summed E-state index contributed by atoms with van der Waals surface area (Å²) in [5.41, 5.74) is 2.68. The SMILES string of the molecule is O=C(c1ccc[nH]1)c1c(F)cccc1-c1cncs1. The van der Waals surface area contributed by atoms with Crippen LogP contribution in [0, 0.1) is 5.82 Å². The molecular formula is C14H9FN2OS.